The number of rotatable bonds is 5. The van der Waals surface area contributed by atoms with Crippen LogP contribution in [0.25, 0.3) is 0 Å². The van der Waals surface area contributed by atoms with Crippen molar-refractivity contribution < 1.29 is 26.3 Å². The summed E-state index contributed by atoms with van der Waals surface area (Å²) in [6.07, 6.45) is -4.75. The Bertz CT molecular complexity index is 869. The van der Waals surface area contributed by atoms with Crippen LogP contribution in [0.2, 0.25) is 5.02 Å². The van der Waals surface area contributed by atoms with Gasteiger partial charge >= 0.3 is 6.18 Å². The van der Waals surface area contributed by atoms with Gasteiger partial charge in [0, 0.05) is 11.6 Å². The standard InChI is InChI=1S/C16H15ClF3NO3S/c1-10(12-5-3-4-6-15(12)24-2)21-25(22,23)11-7-8-14(17)13(9-11)16(18,19)20/h3-10,21H,1-2H3/t10-/m0/s1. The van der Waals surface area contributed by atoms with E-state index in [1.807, 2.05) is 0 Å². The molecule has 4 nitrogen and oxygen atoms in total. The van der Waals surface area contributed by atoms with Gasteiger partial charge < -0.3 is 4.74 Å². The molecular weight excluding hydrogens is 379 g/mol. The van der Waals surface area contributed by atoms with Crippen LogP contribution in [0.4, 0.5) is 13.2 Å². The van der Waals surface area contributed by atoms with Gasteiger partial charge in [0.25, 0.3) is 0 Å². The largest absolute Gasteiger partial charge is 0.496 e. The molecule has 136 valence electrons. The third kappa shape index (κ3) is 4.45. The average molecular weight is 394 g/mol. The highest BCUT2D eigenvalue weighted by Gasteiger charge is 2.34. The van der Waals surface area contributed by atoms with Crippen LogP contribution in [0, 0.1) is 0 Å². The van der Waals surface area contributed by atoms with Gasteiger partial charge in [0.05, 0.1) is 22.6 Å². The fourth-order valence-corrected chi connectivity index (χ4v) is 3.75. The van der Waals surface area contributed by atoms with Crippen molar-refractivity contribution in [3.63, 3.8) is 0 Å². The first-order valence-corrected chi connectivity index (χ1v) is 8.94. The van der Waals surface area contributed by atoms with Crippen LogP contribution in [0.1, 0.15) is 24.1 Å². The van der Waals surface area contributed by atoms with Crippen LogP contribution in [0.15, 0.2) is 47.4 Å². The summed E-state index contributed by atoms with van der Waals surface area (Å²) in [4.78, 5) is -0.522. The molecular formula is C16H15ClF3NO3S. The van der Waals surface area contributed by atoms with E-state index >= 15 is 0 Å². The lowest BCUT2D eigenvalue weighted by atomic mass is 10.1. The lowest BCUT2D eigenvalue weighted by Crippen LogP contribution is -2.27. The van der Waals surface area contributed by atoms with E-state index in [0.29, 0.717) is 17.4 Å². The summed E-state index contributed by atoms with van der Waals surface area (Å²) in [5, 5.41) is -0.566. The van der Waals surface area contributed by atoms with Gasteiger partial charge in [-0.1, -0.05) is 29.8 Å². The van der Waals surface area contributed by atoms with Crippen LogP contribution in [0.5, 0.6) is 5.75 Å². The molecule has 1 N–H and O–H groups in total. The van der Waals surface area contributed by atoms with Crippen molar-refractivity contribution in [2.75, 3.05) is 7.11 Å². The minimum absolute atomic E-state index is 0.463. The van der Waals surface area contributed by atoms with Crippen molar-refractivity contribution in [1.82, 2.24) is 4.72 Å². The molecule has 0 fully saturated rings. The van der Waals surface area contributed by atoms with Gasteiger partial charge in [-0.3, -0.25) is 0 Å². The molecule has 0 amide bonds. The zero-order valence-corrected chi connectivity index (χ0v) is 14.8. The maximum atomic E-state index is 12.9. The molecule has 0 bridgehead atoms. The first-order valence-electron chi connectivity index (χ1n) is 7.08. The average Bonchev–Trinajstić information content (AvgIpc) is 2.53. The number of hydrogen-bond acceptors (Lipinski definition) is 3. The van der Waals surface area contributed by atoms with Gasteiger partial charge in [0.15, 0.2) is 0 Å². The molecule has 0 heterocycles. The Kier molecular flexibility index (Phi) is 5.65. The first kappa shape index (κ1) is 19.6. The van der Waals surface area contributed by atoms with E-state index in [4.69, 9.17) is 16.3 Å². The quantitative estimate of drug-likeness (QED) is 0.818. The molecule has 2 aromatic carbocycles. The predicted molar refractivity (Wildman–Crippen MR) is 88.2 cm³/mol. The van der Waals surface area contributed by atoms with Crippen LogP contribution in [-0.2, 0) is 16.2 Å². The Hall–Kier alpha value is -1.77. The summed E-state index contributed by atoms with van der Waals surface area (Å²) >= 11 is 5.52. The van der Waals surface area contributed by atoms with Gasteiger partial charge in [-0.15, -0.1) is 0 Å². The Balaban J connectivity index is 2.36. The maximum Gasteiger partial charge on any atom is 0.417 e. The topological polar surface area (TPSA) is 55.4 Å². The molecule has 9 heteroatoms. The van der Waals surface area contributed by atoms with E-state index in [1.165, 1.54) is 7.11 Å². The van der Waals surface area contributed by atoms with Crippen molar-refractivity contribution in [3.8, 4) is 5.75 Å². The third-order valence-electron chi connectivity index (χ3n) is 3.49. The maximum absolute atomic E-state index is 12.9. The number of methoxy groups -OCH3 is 1. The molecule has 0 aliphatic rings. The number of benzene rings is 2. The minimum atomic E-state index is -4.75. The molecule has 0 spiro atoms. The molecule has 0 unspecified atom stereocenters. The first-order chi connectivity index (χ1) is 11.6. The number of nitrogens with one attached hydrogen (secondary N) is 1. The van der Waals surface area contributed by atoms with Crippen LogP contribution >= 0.6 is 11.6 Å². The smallest absolute Gasteiger partial charge is 0.417 e. The van der Waals surface area contributed by atoms with Crippen molar-refractivity contribution in [3.05, 3.63) is 58.6 Å². The van der Waals surface area contributed by atoms with E-state index in [-0.39, 0.29) is 0 Å². The van der Waals surface area contributed by atoms with E-state index in [9.17, 15) is 21.6 Å². The highest BCUT2D eigenvalue weighted by molar-refractivity contribution is 7.89. The van der Waals surface area contributed by atoms with E-state index in [1.54, 1.807) is 31.2 Å². The molecule has 2 aromatic rings. The zero-order valence-electron chi connectivity index (χ0n) is 13.3. The number of sulfonamides is 1. The van der Waals surface area contributed by atoms with Crippen molar-refractivity contribution in [1.29, 1.82) is 0 Å². The number of halogens is 4. The summed E-state index contributed by atoms with van der Waals surface area (Å²) < 4.78 is 71.2. The molecule has 2 rings (SSSR count). The lowest BCUT2D eigenvalue weighted by molar-refractivity contribution is -0.137. The van der Waals surface area contributed by atoms with Crippen molar-refractivity contribution in [2.24, 2.45) is 0 Å². The summed E-state index contributed by atoms with van der Waals surface area (Å²) in [5.74, 6) is 0.463. The number of ether oxygens (including phenoxy) is 1. The molecule has 0 radical (unpaired) electrons. The number of hydrogen-bond donors (Lipinski definition) is 1. The summed E-state index contributed by atoms with van der Waals surface area (Å²) in [7, 11) is -2.76. The van der Waals surface area contributed by atoms with E-state index in [0.717, 1.165) is 12.1 Å². The van der Waals surface area contributed by atoms with Crippen LogP contribution in [-0.4, -0.2) is 15.5 Å². The minimum Gasteiger partial charge on any atom is -0.496 e. The van der Waals surface area contributed by atoms with Crippen LogP contribution in [0.3, 0.4) is 0 Å². The SMILES string of the molecule is COc1ccccc1[C@H](C)NS(=O)(=O)c1ccc(Cl)c(C(F)(F)F)c1. The Morgan fingerprint density at radius 3 is 2.40 bits per heavy atom. The van der Waals surface area contributed by atoms with E-state index < -0.39 is 37.7 Å². The number of alkyl halides is 3. The van der Waals surface area contributed by atoms with E-state index in [2.05, 4.69) is 4.72 Å². The molecule has 0 saturated heterocycles. The number of para-hydroxylation sites is 1. The second-order valence-electron chi connectivity index (χ2n) is 5.22. The Morgan fingerprint density at radius 1 is 1.16 bits per heavy atom. The summed E-state index contributed by atoms with van der Waals surface area (Å²) in [6, 6.07) is 8.47. The lowest BCUT2D eigenvalue weighted by Gasteiger charge is -2.18. The predicted octanol–water partition coefficient (Wildman–Crippen LogP) is 4.41. The fraction of sp³-hybridized carbons (Fsp3) is 0.250. The Morgan fingerprint density at radius 2 is 1.80 bits per heavy atom. The van der Waals surface area contributed by atoms with Crippen molar-refractivity contribution in [2.45, 2.75) is 24.0 Å². The van der Waals surface area contributed by atoms with Gasteiger partial charge in [-0.05, 0) is 31.2 Å². The highest BCUT2D eigenvalue weighted by Crippen LogP contribution is 2.36. The van der Waals surface area contributed by atoms with Crippen LogP contribution < -0.4 is 9.46 Å². The molecule has 0 aliphatic carbocycles. The normalized spacial score (nSPS) is 13.5. The molecule has 0 aliphatic heterocycles. The van der Waals surface area contributed by atoms with Gasteiger partial charge in [0.2, 0.25) is 10.0 Å². The Labute approximate surface area is 148 Å². The summed E-state index contributed by atoms with van der Waals surface area (Å²) in [6.45, 7) is 1.57. The third-order valence-corrected chi connectivity index (χ3v) is 5.36. The molecule has 0 aromatic heterocycles. The fourth-order valence-electron chi connectivity index (χ4n) is 2.28. The highest BCUT2D eigenvalue weighted by atomic mass is 35.5. The van der Waals surface area contributed by atoms with Gasteiger partial charge in [0.1, 0.15) is 5.75 Å². The van der Waals surface area contributed by atoms with Crippen molar-refractivity contribution >= 4 is 21.6 Å². The van der Waals surface area contributed by atoms with Gasteiger partial charge in [-0.2, -0.15) is 13.2 Å². The molecule has 0 saturated carbocycles. The second kappa shape index (κ2) is 7.23. The molecule has 25 heavy (non-hydrogen) atoms. The summed E-state index contributed by atoms with van der Waals surface area (Å²) in [5.41, 5.74) is -0.652. The zero-order chi connectivity index (χ0) is 18.8. The monoisotopic (exact) mass is 393 g/mol. The van der Waals surface area contributed by atoms with Gasteiger partial charge in [-0.25, -0.2) is 13.1 Å². The second-order valence-corrected chi connectivity index (χ2v) is 7.35. The molecule has 1 atom stereocenters.